The molecule has 0 spiro atoms. The number of hydrogen-bond acceptors (Lipinski definition) is 3. The van der Waals surface area contributed by atoms with Gasteiger partial charge < -0.3 is 9.88 Å². The summed E-state index contributed by atoms with van der Waals surface area (Å²) in [6, 6.07) is 8.69. The predicted octanol–water partition coefficient (Wildman–Crippen LogP) is 1.54. The lowest BCUT2D eigenvalue weighted by Crippen LogP contribution is -2.06. The summed E-state index contributed by atoms with van der Waals surface area (Å²) in [5.41, 5.74) is 2.52. The normalized spacial score (nSPS) is 11.3. The second kappa shape index (κ2) is 4.85. The van der Waals surface area contributed by atoms with Crippen molar-refractivity contribution in [2.75, 3.05) is 7.05 Å². The molecule has 1 aromatic carbocycles. The fourth-order valence-corrected chi connectivity index (χ4v) is 2.32. The molecule has 3 rings (SSSR count). The highest BCUT2D eigenvalue weighted by Gasteiger charge is 2.06. The lowest BCUT2D eigenvalue weighted by molar-refractivity contribution is 0.664. The molecule has 0 saturated heterocycles. The van der Waals surface area contributed by atoms with E-state index in [0.717, 1.165) is 18.9 Å². The summed E-state index contributed by atoms with van der Waals surface area (Å²) in [5, 5.41) is 8.53. The lowest BCUT2D eigenvalue weighted by atomic mass is 10.1. The molecule has 1 N–H and O–H groups in total. The van der Waals surface area contributed by atoms with Gasteiger partial charge in [-0.25, -0.2) is 4.98 Å². The van der Waals surface area contributed by atoms with Crippen LogP contribution in [0.2, 0.25) is 0 Å². The summed E-state index contributed by atoms with van der Waals surface area (Å²) in [7, 11) is 3.88. The standard InChI is InChI=1S/C14H17N5/c1-15-8-11-3-4-13-12(7-11)5-6-19(13)9-14-16-10-17-18(14)2/h3-7,10,15H,8-9H2,1-2H3. The summed E-state index contributed by atoms with van der Waals surface area (Å²) >= 11 is 0. The van der Waals surface area contributed by atoms with E-state index >= 15 is 0 Å². The van der Waals surface area contributed by atoms with Crippen molar-refractivity contribution in [1.29, 1.82) is 0 Å². The molecule has 2 aromatic heterocycles. The SMILES string of the molecule is CNCc1ccc2c(ccn2Cc2ncnn2C)c1. The van der Waals surface area contributed by atoms with E-state index in [-0.39, 0.29) is 0 Å². The molecular weight excluding hydrogens is 238 g/mol. The van der Waals surface area contributed by atoms with Crippen LogP contribution >= 0.6 is 0 Å². The van der Waals surface area contributed by atoms with Gasteiger partial charge in [-0.3, -0.25) is 4.68 Å². The number of benzene rings is 1. The summed E-state index contributed by atoms with van der Waals surface area (Å²) in [4.78, 5) is 4.27. The first kappa shape index (κ1) is 11.9. The van der Waals surface area contributed by atoms with E-state index in [4.69, 9.17) is 0 Å². The van der Waals surface area contributed by atoms with E-state index in [0.29, 0.717) is 0 Å². The van der Waals surface area contributed by atoms with Gasteiger partial charge in [-0.05, 0) is 36.2 Å². The minimum absolute atomic E-state index is 0.741. The van der Waals surface area contributed by atoms with Gasteiger partial charge in [-0.15, -0.1) is 0 Å². The third kappa shape index (κ3) is 2.24. The molecule has 0 bridgehead atoms. The van der Waals surface area contributed by atoms with Crippen molar-refractivity contribution in [3.63, 3.8) is 0 Å². The average Bonchev–Trinajstić information content (AvgIpc) is 2.98. The molecule has 0 aliphatic rings. The van der Waals surface area contributed by atoms with E-state index in [1.54, 1.807) is 11.0 Å². The molecule has 0 saturated carbocycles. The highest BCUT2D eigenvalue weighted by Crippen LogP contribution is 2.18. The minimum Gasteiger partial charge on any atom is -0.340 e. The van der Waals surface area contributed by atoms with Gasteiger partial charge in [0.05, 0.1) is 6.54 Å². The Bertz CT molecular complexity index is 695. The smallest absolute Gasteiger partial charge is 0.146 e. The van der Waals surface area contributed by atoms with E-state index in [9.17, 15) is 0 Å². The van der Waals surface area contributed by atoms with Crippen LogP contribution in [0, 0.1) is 0 Å². The monoisotopic (exact) mass is 255 g/mol. The van der Waals surface area contributed by atoms with Crippen LogP contribution in [0.15, 0.2) is 36.8 Å². The number of aromatic nitrogens is 4. The molecule has 2 heterocycles. The van der Waals surface area contributed by atoms with E-state index in [1.807, 2.05) is 14.1 Å². The average molecular weight is 255 g/mol. The molecule has 98 valence electrons. The van der Waals surface area contributed by atoms with Crippen molar-refractivity contribution in [1.82, 2.24) is 24.6 Å². The Labute approximate surface area is 111 Å². The number of aryl methyl sites for hydroxylation is 1. The zero-order valence-electron chi connectivity index (χ0n) is 11.2. The minimum atomic E-state index is 0.741. The Morgan fingerprint density at radius 1 is 1.26 bits per heavy atom. The Balaban J connectivity index is 1.95. The van der Waals surface area contributed by atoms with E-state index < -0.39 is 0 Å². The highest BCUT2D eigenvalue weighted by molar-refractivity contribution is 5.80. The molecule has 0 fully saturated rings. The van der Waals surface area contributed by atoms with Crippen LogP contribution in [0.4, 0.5) is 0 Å². The van der Waals surface area contributed by atoms with Crippen LogP contribution in [-0.4, -0.2) is 26.4 Å². The summed E-state index contributed by atoms with van der Waals surface area (Å²) in [6.07, 6.45) is 3.69. The first-order valence-corrected chi connectivity index (χ1v) is 6.33. The maximum absolute atomic E-state index is 4.27. The molecule has 5 nitrogen and oxygen atoms in total. The number of nitrogens with one attached hydrogen (secondary N) is 1. The molecule has 0 aliphatic heterocycles. The first-order chi connectivity index (χ1) is 9.28. The zero-order valence-corrected chi connectivity index (χ0v) is 11.2. The quantitative estimate of drug-likeness (QED) is 0.769. The topological polar surface area (TPSA) is 47.7 Å². The second-order valence-corrected chi connectivity index (χ2v) is 4.67. The largest absolute Gasteiger partial charge is 0.340 e. The number of hydrogen-bond donors (Lipinski definition) is 1. The summed E-state index contributed by atoms with van der Waals surface area (Å²) in [6.45, 7) is 1.63. The molecule has 5 heteroatoms. The fraction of sp³-hybridized carbons (Fsp3) is 0.286. The number of fused-ring (bicyclic) bond motifs is 1. The molecular formula is C14H17N5. The maximum atomic E-state index is 4.27. The van der Waals surface area contributed by atoms with Gasteiger partial charge in [-0.2, -0.15) is 5.10 Å². The zero-order chi connectivity index (χ0) is 13.2. The van der Waals surface area contributed by atoms with Crippen LogP contribution in [-0.2, 0) is 20.1 Å². The third-order valence-corrected chi connectivity index (χ3v) is 3.33. The maximum Gasteiger partial charge on any atom is 0.146 e. The van der Waals surface area contributed by atoms with Gasteiger partial charge >= 0.3 is 0 Å². The molecule has 0 amide bonds. The molecule has 3 aromatic rings. The van der Waals surface area contributed by atoms with Crippen LogP contribution in [0.3, 0.4) is 0 Å². The Hall–Kier alpha value is -2.14. The summed E-state index contributed by atoms with van der Waals surface area (Å²) < 4.78 is 4.00. The van der Waals surface area contributed by atoms with Gasteiger partial charge in [0.15, 0.2) is 0 Å². The first-order valence-electron chi connectivity index (χ1n) is 6.33. The van der Waals surface area contributed by atoms with Crippen molar-refractivity contribution in [2.24, 2.45) is 7.05 Å². The number of nitrogens with zero attached hydrogens (tertiary/aromatic N) is 4. The van der Waals surface area contributed by atoms with Crippen LogP contribution in [0.1, 0.15) is 11.4 Å². The number of rotatable bonds is 4. The van der Waals surface area contributed by atoms with E-state index in [2.05, 4.69) is 50.4 Å². The van der Waals surface area contributed by atoms with Crippen molar-refractivity contribution in [3.8, 4) is 0 Å². The highest BCUT2D eigenvalue weighted by atomic mass is 15.3. The van der Waals surface area contributed by atoms with Crippen LogP contribution < -0.4 is 5.32 Å². The van der Waals surface area contributed by atoms with Crippen LogP contribution in [0.25, 0.3) is 10.9 Å². The second-order valence-electron chi connectivity index (χ2n) is 4.67. The van der Waals surface area contributed by atoms with Gasteiger partial charge in [0, 0.05) is 25.3 Å². The van der Waals surface area contributed by atoms with Crippen LogP contribution in [0.5, 0.6) is 0 Å². The van der Waals surface area contributed by atoms with Gasteiger partial charge in [0.25, 0.3) is 0 Å². The van der Waals surface area contributed by atoms with Crippen molar-refractivity contribution in [3.05, 3.63) is 48.2 Å². The lowest BCUT2D eigenvalue weighted by Gasteiger charge is -2.06. The summed E-state index contributed by atoms with van der Waals surface area (Å²) in [5.74, 6) is 0.955. The molecule has 19 heavy (non-hydrogen) atoms. The van der Waals surface area contributed by atoms with Gasteiger partial charge in [0.1, 0.15) is 12.2 Å². The molecule has 0 aliphatic carbocycles. The van der Waals surface area contributed by atoms with E-state index in [1.165, 1.54) is 16.5 Å². The third-order valence-electron chi connectivity index (χ3n) is 3.33. The molecule has 0 unspecified atom stereocenters. The van der Waals surface area contributed by atoms with Crippen molar-refractivity contribution in [2.45, 2.75) is 13.1 Å². The Kier molecular flexibility index (Phi) is 3.05. The van der Waals surface area contributed by atoms with Crippen molar-refractivity contribution < 1.29 is 0 Å². The van der Waals surface area contributed by atoms with Gasteiger partial charge in [-0.1, -0.05) is 6.07 Å². The fourth-order valence-electron chi connectivity index (χ4n) is 2.32. The van der Waals surface area contributed by atoms with Gasteiger partial charge in [0.2, 0.25) is 0 Å². The molecule has 0 atom stereocenters. The Morgan fingerprint density at radius 2 is 2.16 bits per heavy atom. The Morgan fingerprint density at radius 3 is 2.89 bits per heavy atom. The predicted molar refractivity (Wildman–Crippen MR) is 74.8 cm³/mol. The molecule has 0 radical (unpaired) electrons. The van der Waals surface area contributed by atoms with Crippen molar-refractivity contribution >= 4 is 10.9 Å².